The van der Waals surface area contributed by atoms with E-state index in [1.54, 1.807) is 12.1 Å². The maximum atomic E-state index is 12.3. The molecule has 0 fully saturated rings. The first-order valence-corrected chi connectivity index (χ1v) is 6.94. The smallest absolute Gasteiger partial charge is 0.387 e. The molecule has 0 aliphatic heterocycles. The van der Waals surface area contributed by atoms with Crippen molar-refractivity contribution >= 4 is 21.9 Å². The predicted octanol–water partition coefficient (Wildman–Crippen LogP) is 3.11. The summed E-state index contributed by atoms with van der Waals surface area (Å²) in [4.78, 5) is 4.11. The van der Waals surface area contributed by atoms with E-state index < -0.39 is 6.61 Å². The van der Waals surface area contributed by atoms with Crippen molar-refractivity contribution in [1.82, 2.24) is 5.32 Å². The van der Waals surface area contributed by atoms with Gasteiger partial charge in [0.25, 0.3) is 0 Å². The van der Waals surface area contributed by atoms with Gasteiger partial charge in [0.05, 0.1) is 6.54 Å². The highest BCUT2D eigenvalue weighted by Crippen LogP contribution is 2.25. The Hall–Kier alpha value is -1.37. The van der Waals surface area contributed by atoms with Crippen LogP contribution < -0.4 is 15.8 Å². The molecule has 0 saturated carbocycles. The van der Waals surface area contributed by atoms with Crippen molar-refractivity contribution in [2.24, 2.45) is 16.6 Å². The number of nitrogens with one attached hydrogen (secondary N) is 1. The van der Waals surface area contributed by atoms with Crippen molar-refractivity contribution < 1.29 is 13.5 Å². The second-order valence-corrected chi connectivity index (χ2v) is 5.52. The molecule has 0 aliphatic carbocycles. The zero-order valence-corrected chi connectivity index (χ0v) is 13.0. The standard InChI is InChI=1S/C13H18BrF2N3O/c1-8(2)6-18-13(17)19-7-9-5-10(14)3-4-11(9)20-12(15)16/h3-5,8,12H,6-7H2,1-2H3,(H3,17,18,19). The molecule has 0 atom stereocenters. The minimum Gasteiger partial charge on any atom is -0.434 e. The Morgan fingerprint density at radius 3 is 2.75 bits per heavy atom. The monoisotopic (exact) mass is 349 g/mol. The molecule has 1 aromatic carbocycles. The second-order valence-electron chi connectivity index (χ2n) is 4.61. The summed E-state index contributed by atoms with van der Waals surface area (Å²) in [7, 11) is 0. The van der Waals surface area contributed by atoms with Crippen LogP contribution >= 0.6 is 15.9 Å². The van der Waals surface area contributed by atoms with E-state index in [9.17, 15) is 8.78 Å². The first-order chi connectivity index (χ1) is 9.38. The summed E-state index contributed by atoms with van der Waals surface area (Å²) in [5, 5.41) is 2.95. The van der Waals surface area contributed by atoms with Gasteiger partial charge in [0.2, 0.25) is 0 Å². The maximum absolute atomic E-state index is 12.3. The molecule has 0 unspecified atom stereocenters. The molecule has 0 amide bonds. The zero-order chi connectivity index (χ0) is 15.1. The fourth-order valence-corrected chi connectivity index (χ4v) is 1.83. The molecule has 7 heteroatoms. The molecule has 0 aromatic heterocycles. The van der Waals surface area contributed by atoms with Crippen LogP contribution in [0.2, 0.25) is 0 Å². The van der Waals surface area contributed by atoms with Gasteiger partial charge in [0, 0.05) is 16.6 Å². The fraction of sp³-hybridized carbons (Fsp3) is 0.462. The summed E-state index contributed by atoms with van der Waals surface area (Å²) in [6.07, 6.45) is 0. The lowest BCUT2D eigenvalue weighted by atomic mass is 10.2. The number of nitrogens with two attached hydrogens (primary N) is 1. The average molecular weight is 350 g/mol. The molecule has 3 N–H and O–H groups in total. The van der Waals surface area contributed by atoms with Crippen LogP contribution in [0.4, 0.5) is 8.78 Å². The largest absolute Gasteiger partial charge is 0.434 e. The molecule has 112 valence electrons. The molecule has 1 rings (SSSR count). The van der Waals surface area contributed by atoms with E-state index in [4.69, 9.17) is 5.73 Å². The van der Waals surface area contributed by atoms with Gasteiger partial charge in [-0.3, -0.25) is 0 Å². The number of hydrogen-bond acceptors (Lipinski definition) is 2. The van der Waals surface area contributed by atoms with Crippen LogP contribution in [0, 0.1) is 5.92 Å². The fourth-order valence-electron chi connectivity index (χ4n) is 1.42. The first-order valence-electron chi connectivity index (χ1n) is 6.15. The number of halogens is 3. The number of alkyl halides is 2. The molecular formula is C13H18BrF2N3O. The average Bonchev–Trinajstić information content (AvgIpc) is 2.36. The normalized spacial score (nSPS) is 12.1. The lowest BCUT2D eigenvalue weighted by Gasteiger charge is -2.11. The van der Waals surface area contributed by atoms with Gasteiger partial charge < -0.3 is 15.8 Å². The Bertz CT molecular complexity index is 467. The highest BCUT2D eigenvalue weighted by atomic mass is 79.9. The molecule has 1 aromatic rings. The number of nitrogens with zero attached hydrogens (tertiary/aromatic N) is 1. The van der Waals surface area contributed by atoms with E-state index in [1.165, 1.54) is 6.07 Å². The maximum Gasteiger partial charge on any atom is 0.387 e. The molecule has 0 heterocycles. The van der Waals surface area contributed by atoms with E-state index in [0.717, 1.165) is 4.47 Å². The number of benzene rings is 1. The highest BCUT2D eigenvalue weighted by molar-refractivity contribution is 9.10. The number of guanidine groups is 1. The second kappa shape index (κ2) is 8.04. The summed E-state index contributed by atoms with van der Waals surface area (Å²) in [6, 6.07) is 4.78. The van der Waals surface area contributed by atoms with E-state index in [0.29, 0.717) is 18.0 Å². The van der Waals surface area contributed by atoms with Crippen molar-refractivity contribution in [2.75, 3.05) is 6.54 Å². The van der Waals surface area contributed by atoms with Gasteiger partial charge in [-0.25, -0.2) is 4.99 Å². The van der Waals surface area contributed by atoms with Crippen molar-refractivity contribution in [3.8, 4) is 5.75 Å². The Balaban J connectivity index is 2.74. The van der Waals surface area contributed by atoms with E-state index in [1.807, 2.05) is 13.8 Å². The summed E-state index contributed by atoms with van der Waals surface area (Å²) in [6.45, 7) is 2.09. The quantitative estimate of drug-likeness (QED) is 0.612. The number of hydrogen-bond donors (Lipinski definition) is 2. The topological polar surface area (TPSA) is 59.6 Å². The van der Waals surface area contributed by atoms with Crippen LogP contribution in [-0.4, -0.2) is 19.1 Å². The van der Waals surface area contributed by atoms with E-state index >= 15 is 0 Å². The first kappa shape index (κ1) is 16.7. The van der Waals surface area contributed by atoms with Crippen molar-refractivity contribution in [1.29, 1.82) is 0 Å². The van der Waals surface area contributed by atoms with Gasteiger partial charge in [-0.1, -0.05) is 29.8 Å². The minimum absolute atomic E-state index is 0.101. The summed E-state index contributed by atoms with van der Waals surface area (Å²) in [5.74, 6) is 0.817. The van der Waals surface area contributed by atoms with E-state index in [2.05, 4.69) is 31.0 Å². The van der Waals surface area contributed by atoms with Crippen molar-refractivity contribution in [3.05, 3.63) is 28.2 Å². The SMILES string of the molecule is CC(C)CNC(N)=NCc1cc(Br)ccc1OC(F)F. The summed E-state index contributed by atoms with van der Waals surface area (Å²) >= 11 is 3.28. The van der Waals surface area contributed by atoms with Crippen LogP contribution in [0.15, 0.2) is 27.7 Å². The van der Waals surface area contributed by atoms with Gasteiger partial charge in [-0.05, 0) is 24.1 Å². The van der Waals surface area contributed by atoms with E-state index in [-0.39, 0.29) is 18.3 Å². The Morgan fingerprint density at radius 1 is 1.45 bits per heavy atom. The van der Waals surface area contributed by atoms with Crippen molar-refractivity contribution in [2.45, 2.75) is 27.0 Å². The molecular weight excluding hydrogens is 332 g/mol. The third-order valence-electron chi connectivity index (χ3n) is 2.35. The lowest BCUT2D eigenvalue weighted by Crippen LogP contribution is -2.34. The summed E-state index contributed by atoms with van der Waals surface area (Å²) in [5.41, 5.74) is 6.23. The molecule has 0 bridgehead atoms. The Kier molecular flexibility index (Phi) is 6.70. The van der Waals surface area contributed by atoms with Gasteiger partial charge in [0.1, 0.15) is 5.75 Å². The van der Waals surface area contributed by atoms with Crippen LogP contribution in [0.3, 0.4) is 0 Å². The highest BCUT2D eigenvalue weighted by Gasteiger charge is 2.10. The summed E-state index contributed by atoms with van der Waals surface area (Å²) < 4.78 is 29.8. The zero-order valence-electron chi connectivity index (χ0n) is 11.4. The third-order valence-corrected chi connectivity index (χ3v) is 2.84. The van der Waals surface area contributed by atoms with Crippen LogP contribution in [0.1, 0.15) is 19.4 Å². The van der Waals surface area contributed by atoms with Gasteiger partial charge >= 0.3 is 6.61 Å². The van der Waals surface area contributed by atoms with Crippen LogP contribution in [0.5, 0.6) is 5.75 Å². The molecule has 0 saturated heterocycles. The van der Waals surface area contributed by atoms with Gasteiger partial charge in [0.15, 0.2) is 5.96 Å². The Labute approximate surface area is 125 Å². The Morgan fingerprint density at radius 2 is 2.15 bits per heavy atom. The third kappa shape index (κ3) is 6.18. The van der Waals surface area contributed by atoms with Crippen molar-refractivity contribution in [3.63, 3.8) is 0 Å². The van der Waals surface area contributed by atoms with Crippen LogP contribution in [0.25, 0.3) is 0 Å². The number of ether oxygens (including phenoxy) is 1. The predicted molar refractivity (Wildman–Crippen MR) is 78.9 cm³/mol. The molecule has 0 spiro atoms. The molecule has 0 aliphatic rings. The molecule has 0 radical (unpaired) electrons. The van der Waals surface area contributed by atoms with Gasteiger partial charge in [-0.2, -0.15) is 8.78 Å². The van der Waals surface area contributed by atoms with Crippen LogP contribution in [-0.2, 0) is 6.54 Å². The number of rotatable bonds is 6. The molecule has 20 heavy (non-hydrogen) atoms. The number of aliphatic imine (C=N–C) groups is 1. The lowest BCUT2D eigenvalue weighted by molar-refractivity contribution is -0.0504. The van der Waals surface area contributed by atoms with Gasteiger partial charge in [-0.15, -0.1) is 0 Å². The minimum atomic E-state index is -2.87. The molecule has 4 nitrogen and oxygen atoms in total.